The molecule has 0 fully saturated rings. The van der Waals surface area contributed by atoms with Crippen molar-refractivity contribution in [1.29, 1.82) is 0 Å². The normalized spacial score (nSPS) is 10.6. The number of ether oxygens (including phenoxy) is 1. The second-order valence-electron chi connectivity index (χ2n) is 4.37. The number of rotatable bonds is 5. The van der Waals surface area contributed by atoms with E-state index in [0.717, 1.165) is 35.5 Å². The SMILES string of the molecule is Cc1cc(CCl)cc(C)c1OCCc1cccs1. The number of benzene rings is 1. The molecular weight excluding hydrogens is 264 g/mol. The van der Waals surface area contributed by atoms with Gasteiger partial charge in [0.05, 0.1) is 6.61 Å². The van der Waals surface area contributed by atoms with Gasteiger partial charge in [0.2, 0.25) is 0 Å². The van der Waals surface area contributed by atoms with Gasteiger partial charge < -0.3 is 4.74 Å². The third-order valence-electron chi connectivity index (χ3n) is 2.85. The first-order chi connectivity index (χ1) is 8.70. The lowest BCUT2D eigenvalue weighted by Gasteiger charge is -2.13. The van der Waals surface area contributed by atoms with Crippen molar-refractivity contribution in [3.63, 3.8) is 0 Å². The lowest BCUT2D eigenvalue weighted by molar-refractivity contribution is 0.318. The minimum atomic E-state index is 0.553. The Morgan fingerprint density at radius 1 is 1.22 bits per heavy atom. The summed E-state index contributed by atoms with van der Waals surface area (Å²) in [5, 5.41) is 2.10. The van der Waals surface area contributed by atoms with Gasteiger partial charge in [0.15, 0.2) is 0 Å². The van der Waals surface area contributed by atoms with E-state index in [1.165, 1.54) is 4.88 Å². The van der Waals surface area contributed by atoms with Gasteiger partial charge in [-0.3, -0.25) is 0 Å². The van der Waals surface area contributed by atoms with E-state index in [-0.39, 0.29) is 0 Å². The Morgan fingerprint density at radius 3 is 2.50 bits per heavy atom. The fourth-order valence-corrected chi connectivity index (χ4v) is 2.90. The van der Waals surface area contributed by atoms with Crippen molar-refractivity contribution in [2.24, 2.45) is 0 Å². The van der Waals surface area contributed by atoms with E-state index in [1.807, 2.05) is 0 Å². The predicted octanol–water partition coefficient (Wildman–Crippen LogP) is 4.73. The Bertz CT molecular complexity index is 482. The highest BCUT2D eigenvalue weighted by atomic mass is 35.5. The molecule has 0 amide bonds. The number of hydrogen-bond donors (Lipinski definition) is 0. The first-order valence-electron chi connectivity index (χ1n) is 6.02. The van der Waals surface area contributed by atoms with Crippen molar-refractivity contribution in [2.45, 2.75) is 26.1 Å². The smallest absolute Gasteiger partial charge is 0.125 e. The maximum atomic E-state index is 5.90. The standard InChI is InChI=1S/C15H17ClOS/c1-11-8-13(10-16)9-12(2)15(11)17-6-5-14-4-3-7-18-14/h3-4,7-9H,5-6,10H2,1-2H3. The Balaban J connectivity index is 2.01. The molecule has 0 spiro atoms. The average Bonchev–Trinajstić information content (AvgIpc) is 2.85. The minimum absolute atomic E-state index is 0.553. The summed E-state index contributed by atoms with van der Waals surface area (Å²) in [6, 6.07) is 8.41. The molecule has 0 atom stereocenters. The second kappa shape index (κ2) is 6.26. The summed E-state index contributed by atoms with van der Waals surface area (Å²) in [7, 11) is 0. The van der Waals surface area contributed by atoms with Gasteiger partial charge in [-0.25, -0.2) is 0 Å². The molecule has 1 heterocycles. The molecule has 0 radical (unpaired) electrons. The van der Waals surface area contributed by atoms with E-state index in [1.54, 1.807) is 11.3 Å². The molecule has 2 rings (SSSR count). The Labute approximate surface area is 117 Å². The largest absolute Gasteiger partial charge is 0.493 e. The van der Waals surface area contributed by atoms with Crippen molar-refractivity contribution in [3.8, 4) is 5.75 Å². The van der Waals surface area contributed by atoms with Crippen molar-refractivity contribution >= 4 is 22.9 Å². The molecule has 0 unspecified atom stereocenters. The molecule has 2 aromatic rings. The van der Waals surface area contributed by atoms with Gasteiger partial charge in [0, 0.05) is 17.2 Å². The van der Waals surface area contributed by atoms with Crippen LogP contribution in [0.25, 0.3) is 0 Å². The van der Waals surface area contributed by atoms with E-state index in [4.69, 9.17) is 16.3 Å². The summed E-state index contributed by atoms with van der Waals surface area (Å²) in [4.78, 5) is 1.36. The molecule has 0 aliphatic carbocycles. The van der Waals surface area contributed by atoms with Crippen LogP contribution in [0.3, 0.4) is 0 Å². The molecule has 0 bridgehead atoms. The van der Waals surface area contributed by atoms with E-state index >= 15 is 0 Å². The minimum Gasteiger partial charge on any atom is -0.493 e. The Kier molecular flexibility index (Phi) is 4.67. The quantitative estimate of drug-likeness (QED) is 0.720. The Hall–Kier alpha value is -0.990. The fourth-order valence-electron chi connectivity index (χ4n) is 2.05. The molecule has 0 N–H and O–H groups in total. The first kappa shape index (κ1) is 13.4. The van der Waals surface area contributed by atoms with Crippen LogP contribution in [-0.2, 0) is 12.3 Å². The van der Waals surface area contributed by atoms with E-state index in [9.17, 15) is 0 Å². The highest BCUT2D eigenvalue weighted by molar-refractivity contribution is 7.09. The summed E-state index contributed by atoms with van der Waals surface area (Å²) in [5.74, 6) is 1.55. The van der Waals surface area contributed by atoms with Gasteiger partial charge in [0.25, 0.3) is 0 Å². The lowest BCUT2D eigenvalue weighted by atomic mass is 10.1. The molecular formula is C15H17ClOS. The van der Waals surface area contributed by atoms with Crippen LogP contribution in [0, 0.1) is 13.8 Å². The number of halogens is 1. The summed E-state index contributed by atoms with van der Waals surface area (Å²) in [5.41, 5.74) is 3.48. The van der Waals surface area contributed by atoms with Gasteiger partial charge in [0.1, 0.15) is 5.75 Å². The van der Waals surface area contributed by atoms with Crippen LogP contribution in [0.15, 0.2) is 29.6 Å². The molecule has 96 valence electrons. The van der Waals surface area contributed by atoms with E-state index in [0.29, 0.717) is 5.88 Å². The first-order valence-corrected chi connectivity index (χ1v) is 7.43. The van der Waals surface area contributed by atoms with Crippen LogP contribution in [0.5, 0.6) is 5.75 Å². The molecule has 0 aliphatic rings. The molecule has 1 aromatic heterocycles. The van der Waals surface area contributed by atoms with Crippen molar-refractivity contribution in [1.82, 2.24) is 0 Å². The zero-order chi connectivity index (χ0) is 13.0. The molecule has 0 aliphatic heterocycles. The zero-order valence-corrected chi connectivity index (χ0v) is 12.3. The summed E-state index contributed by atoms with van der Waals surface area (Å²) in [6.45, 7) is 4.87. The molecule has 1 nitrogen and oxygen atoms in total. The van der Waals surface area contributed by atoms with Gasteiger partial charge >= 0.3 is 0 Å². The highest BCUT2D eigenvalue weighted by Crippen LogP contribution is 2.25. The van der Waals surface area contributed by atoms with Crippen molar-refractivity contribution < 1.29 is 4.74 Å². The number of hydrogen-bond acceptors (Lipinski definition) is 2. The van der Waals surface area contributed by atoms with Gasteiger partial charge in [-0.2, -0.15) is 0 Å². The fraction of sp³-hybridized carbons (Fsp3) is 0.333. The number of aryl methyl sites for hydroxylation is 2. The van der Waals surface area contributed by atoms with E-state index < -0.39 is 0 Å². The predicted molar refractivity (Wildman–Crippen MR) is 79.0 cm³/mol. The summed E-state index contributed by atoms with van der Waals surface area (Å²) >= 11 is 7.63. The summed E-state index contributed by atoms with van der Waals surface area (Å²) in [6.07, 6.45) is 0.966. The van der Waals surface area contributed by atoms with Crippen LogP contribution in [-0.4, -0.2) is 6.61 Å². The third kappa shape index (κ3) is 3.27. The second-order valence-corrected chi connectivity index (χ2v) is 5.67. The summed E-state index contributed by atoms with van der Waals surface area (Å²) < 4.78 is 5.90. The van der Waals surface area contributed by atoms with Crippen LogP contribution in [0.4, 0.5) is 0 Å². The Morgan fingerprint density at radius 2 is 1.94 bits per heavy atom. The van der Waals surface area contributed by atoms with Crippen LogP contribution >= 0.6 is 22.9 Å². The number of alkyl halides is 1. The molecule has 1 aromatic carbocycles. The van der Waals surface area contributed by atoms with Gasteiger partial charge in [-0.1, -0.05) is 18.2 Å². The van der Waals surface area contributed by atoms with Crippen molar-refractivity contribution in [2.75, 3.05) is 6.61 Å². The number of thiophene rings is 1. The van der Waals surface area contributed by atoms with Crippen molar-refractivity contribution in [3.05, 3.63) is 51.2 Å². The monoisotopic (exact) mass is 280 g/mol. The van der Waals surface area contributed by atoms with Crippen LogP contribution < -0.4 is 4.74 Å². The molecule has 18 heavy (non-hydrogen) atoms. The van der Waals surface area contributed by atoms with Crippen LogP contribution in [0.2, 0.25) is 0 Å². The average molecular weight is 281 g/mol. The molecule has 0 saturated carbocycles. The highest BCUT2D eigenvalue weighted by Gasteiger charge is 2.06. The maximum absolute atomic E-state index is 5.90. The van der Waals surface area contributed by atoms with Gasteiger partial charge in [-0.15, -0.1) is 22.9 Å². The van der Waals surface area contributed by atoms with E-state index in [2.05, 4.69) is 43.5 Å². The van der Waals surface area contributed by atoms with Crippen LogP contribution in [0.1, 0.15) is 21.6 Å². The third-order valence-corrected chi connectivity index (χ3v) is 4.09. The molecule has 0 saturated heterocycles. The zero-order valence-electron chi connectivity index (χ0n) is 10.7. The lowest BCUT2D eigenvalue weighted by Crippen LogP contribution is -2.03. The topological polar surface area (TPSA) is 9.23 Å². The molecule has 3 heteroatoms. The van der Waals surface area contributed by atoms with Gasteiger partial charge in [-0.05, 0) is 42.0 Å². The maximum Gasteiger partial charge on any atom is 0.125 e.